The molecule has 29 heavy (non-hydrogen) atoms. The van der Waals surface area contributed by atoms with Gasteiger partial charge in [0, 0.05) is 30.1 Å². The average molecular weight is 461 g/mol. The molecule has 0 bridgehead atoms. The Labute approximate surface area is 176 Å². The number of rotatable bonds is 5. The van der Waals surface area contributed by atoms with Gasteiger partial charge in [-0.25, -0.2) is 4.79 Å². The van der Waals surface area contributed by atoms with Crippen molar-refractivity contribution in [1.82, 2.24) is 15.2 Å². The number of halogens is 1. The second-order valence-corrected chi connectivity index (χ2v) is 8.00. The van der Waals surface area contributed by atoms with Crippen LogP contribution in [0.15, 0.2) is 41.7 Å². The molecule has 1 unspecified atom stereocenters. The van der Waals surface area contributed by atoms with Crippen LogP contribution in [0.4, 0.5) is 4.79 Å². The molecule has 8 nitrogen and oxygen atoms in total. The molecule has 1 N–H and O–H groups in total. The Morgan fingerprint density at radius 2 is 2.21 bits per heavy atom. The van der Waals surface area contributed by atoms with Crippen LogP contribution in [0.1, 0.15) is 24.8 Å². The van der Waals surface area contributed by atoms with Crippen molar-refractivity contribution in [2.24, 2.45) is 5.16 Å². The lowest BCUT2D eigenvalue weighted by Gasteiger charge is -2.23. The van der Waals surface area contributed by atoms with Crippen LogP contribution in [0.2, 0.25) is 0 Å². The first kappa shape index (κ1) is 19.6. The number of aromatic nitrogens is 1. The molecule has 3 heterocycles. The average Bonchev–Trinajstić information content (AvgIpc) is 3.39. The standard InChI is InChI=1S/C20H21BrN4O4/c21-18-9-15(29-24-18)11-23-19(26)17-6-3-7-25(17)20(27)28-12-13-8-14-4-1-2-5-16(14)22-10-13/h1-2,4-5,8,10,15,17H,3,6-7,9,11-12H2,(H,23,26)/t15-,17?/m0/s1. The monoisotopic (exact) mass is 460 g/mol. The fourth-order valence-corrected chi connectivity index (χ4v) is 3.96. The van der Waals surface area contributed by atoms with Crippen molar-refractivity contribution in [1.29, 1.82) is 0 Å². The highest BCUT2D eigenvalue weighted by molar-refractivity contribution is 9.18. The van der Waals surface area contributed by atoms with Crippen molar-refractivity contribution in [3.8, 4) is 0 Å². The molecule has 2 amide bonds. The van der Waals surface area contributed by atoms with E-state index < -0.39 is 12.1 Å². The smallest absolute Gasteiger partial charge is 0.410 e. The molecule has 2 aliphatic heterocycles. The van der Waals surface area contributed by atoms with E-state index in [4.69, 9.17) is 9.57 Å². The predicted molar refractivity (Wildman–Crippen MR) is 111 cm³/mol. The summed E-state index contributed by atoms with van der Waals surface area (Å²) in [7, 11) is 0. The number of nitrogens with zero attached hydrogens (tertiary/aromatic N) is 3. The van der Waals surface area contributed by atoms with Gasteiger partial charge in [-0.1, -0.05) is 23.4 Å². The number of carbonyl (C=O) groups excluding carboxylic acids is 2. The van der Waals surface area contributed by atoms with E-state index >= 15 is 0 Å². The summed E-state index contributed by atoms with van der Waals surface area (Å²) in [6, 6.07) is 9.19. The van der Waals surface area contributed by atoms with E-state index in [-0.39, 0.29) is 18.6 Å². The number of pyridine rings is 1. The highest BCUT2D eigenvalue weighted by atomic mass is 79.9. The predicted octanol–water partition coefficient (Wildman–Crippen LogP) is 2.95. The number of amides is 2. The van der Waals surface area contributed by atoms with Crippen LogP contribution in [0.25, 0.3) is 10.9 Å². The zero-order valence-corrected chi connectivity index (χ0v) is 17.3. The quantitative estimate of drug-likeness (QED) is 0.739. The number of hydrogen-bond acceptors (Lipinski definition) is 6. The Hall–Kier alpha value is -2.68. The first-order valence-corrected chi connectivity index (χ1v) is 10.3. The number of hydrogen-bond donors (Lipinski definition) is 1. The van der Waals surface area contributed by atoms with Gasteiger partial charge >= 0.3 is 6.09 Å². The molecule has 9 heteroatoms. The third-order valence-electron chi connectivity index (χ3n) is 5.00. The third kappa shape index (κ3) is 4.67. The number of fused-ring (bicyclic) bond motifs is 1. The molecule has 1 aromatic heterocycles. The van der Waals surface area contributed by atoms with E-state index in [2.05, 4.69) is 31.4 Å². The number of benzene rings is 1. The van der Waals surface area contributed by atoms with E-state index in [9.17, 15) is 9.59 Å². The lowest BCUT2D eigenvalue weighted by molar-refractivity contribution is -0.125. The van der Waals surface area contributed by atoms with Gasteiger partial charge < -0.3 is 14.9 Å². The van der Waals surface area contributed by atoms with Crippen LogP contribution < -0.4 is 5.32 Å². The number of likely N-dealkylation sites (tertiary alicyclic amines) is 1. The number of carbonyl (C=O) groups is 2. The van der Waals surface area contributed by atoms with E-state index in [1.54, 1.807) is 6.20 Å². The third-order valence-corrected chi connectivity index (χ3v) is 5.47. The molecular weight excluding hydrogens is 440 g/mol. The van der Waals surface area contributed by atoms with E-state index in [1.165, 1.54) is 4.90 Å². The molecule has 2 aromatic rings. The van der Waals surface area contributed by atoms with Crippen molar-refractivity contribution in [3.05, 3.63) is 42.1 Å². The lowest BCUT2D eigenvalue weighted by Crippen LogP contribution is -2.47. The molecule has 4 rings (SSSR count). The second-order valence-electron chi connectivity index (χ2n) is 7.09. The summed E-state index contributed by atoms with van der Waals surface area (Å²) < 4.78 is 6.18. The van der Waals surface area contributed by atoms with Crippen molar-refractivity contribution >= 4 is 43.5 Å². The number of para-hydroxylation sites is 1. The van der Waals surface area contributed by atoms with Crippen molar-refractivity contribution < 1.29 is 19.2 Å². The summed E-state index contributed by atoms with van der Waals surface area (Å²) in [6.45, 7) is 0.962. The van der Waals surface area contributed by atoms with E-state index in [0.29, 0.717) is 25.9 Å². The Bertz CT molecular complexity index is 951. The Balaban J connectivity index is 1.30. The largest absolute Gasteiger partial charge is 0.444 e. The number of ether oxygens (including phenoxy) is 1. The fraction of sp³-hybridized carbons (Fsp3) is 0.400. The zero-order chi connectivity index (χ0) is 20.2. The van der Waals surface area contributed by atoms with Crippen LogP contribution in [0.3, 0.4) is 0 Å². The Morgan fingerprint density at radius 3 is 3.03 bits per heavy atom. The van der Waals surface area contributed by atoms with Gasteiger partial charge in [-0.3, -0.25) is 14.7 Å². The summed E-state index contributed by atoms with van der Waals surface area (Å²) in [5, 5.41) is 7.64. The second kappa shape index (κ2) is 8.77. The van der Waals surface area contributed by atoms with Crippen LogP contribution in [0, 0.1) is 0 Å². The maximum atomic E-state index is 12.6. The molecular formula is C20H21BrN4O4. The summed E-state index contributed by atoms with van der Waals surface area (Å²) in [5.41, 5.74) is 1.70. The minimum atomic E-state index is -0.525. The van der Waals surface area contributed by atoms with Gasteiger partial charge in [0.05, 0.1) is 12.1 Å². The molecule has 1 aromatic carbocycles. The van der Waals surface area contributed by atoms with Crippen LogP contribution >= 0.6 is 15.9 Å². The summed E-state index contributed by atoms with van der Waals surface area (Å²) in [4.78, 5) is 36.1. The number of nitrogens with one attached hydrogen (secondary N) is 1. The van der Waals surface area contributed by atoms with Crippen LogP contribution in [0.5, 0.6) is 0 Å². The Kier molecular flexibility index (Phi) is 5.94. The van der Waals surface area contributed by atoms with Crippen molar-refractivity contribution in [3.63, 3.8) is 0 Å². The topological polar surface area (TPSA) is 93.1 Å². The van der Waals surface area contributed by atoms with Gasteiger partial charge in [0.25, 0.3) is 0 Å². The highest BCUT2D eigenvalue weighted by Crippen LogP contribution is 2.20. The SMILES string of the molecule is O=C(NC[C@@H]1CC(Br)=NO1)C1CCCN1C(=O)OCc1cnc2ccccc2c1. The molecule has 0 saturated carbocycles. The van der Waals surface area contributed by atoms with Gasteiger partial charge in [-0.05, 0) is 40.9 Å². The molecule has 0 spiro atoms. The molecule has 0 aliphatic carbocycles. The molecule has 1 fully saturated rings. The van der Waals surface area contributed by atoms with Crippen LogP contribution in [-0.2, 0) is 21.0 Å². The lowest BCUT2D eigenvalue weighted by atomic mass is 10.2. The minimum Gasteiger partial charge on any atom is -0.444 e. The van der Waals surface area contributed by atoms with Crippen molar-refractivity contribution in [2.45, 2.75) is 38.0 Å². The summed E-state index contributed by atoms with van der Waals surface area (Å²) in [6.07, 6.45) is 3.03. The number of oxime groups is 1. The first-order chi connectivity index (χ1) is 14.1. The fourth-order valence-electron chi connectivity index (χ4n) is 3.52. The van der Waals surface area contributed by atoms with Crippen molar-refractivity contribution in [2.75, 3.05) is 13.1 Å². The van der Waals surface area contributed by atoms with Gasteiger partial charge in [-0.15, -0.1) is 0 Å². The van der Waals surface area contributed by atoms with Gasteiger partial charge in [0.1, 0.15) is 17.3 Å². The minimum absolute atomic E-state index is 0.114. The molecule has 1 saturated heterocycles. The molecule has 2 aliphatic rings. The first-order valence-electron chi connectivity index (χ1n) is 9.53. The normalized spacial score (nSPS) is 21.0. The van der Waals surface area contributed by atoms with Gasteiger partial charge in [-0.2, -0.15) is 0 Å². The maximum Gasteiger partial charge on any atom is 0.410 e. The van der Waals surface area contributed by atoms with Crippen LogP contribution in [-0.4, -0.2) is 51.7 Å². The summed E-state index contributed by atoms with van der Waals surface area (Å²) in [5.74, 6) is -0.196. The van der Waals surface area contributed by atoms with E-state index in [0.717, 1.165) is 27.5 Å². The molecule has 2 atom stereocenters. The molecule has 0 radical (unpaired) electrons. The van der Waals surface area contributed by atoms with Gasteiger partial charge in [0.15, 0.2) is 6.10 Å². The zero-order valence-electron chi connectivity index (χ0n) is 15.7. The molecule has 152 valence electrons. The maximum absolute atomic E-state index is 12.6. The van der Waals surface area contributed by atoms with E-state index in [1.807, 2.05) is 30.3 Å². The summed E-state index contributed by atoms with van der Waals surface area (Å²) >= 11 is 3.27. The Morgan fingerprint density at radius 1 is 1.34 bits per heavy atom. The highest BCUT2D eigenvalue weighted by Gasteiger charge is 2.35. The van der Waals surface area contributed by atoms with Gasteiger partial charge in [0.2, 0.25) is 5.91 Å².